The molecule has 0 bridgehead atoms. The molecule has 40 heavy (non-hydrogen) atoms. The monoisotopic (exact) mass is 560 g/mol. The molecule has 4 rings (SSSR count). The Morgan fingerprint density at radius 1 is 1.18 bits per heavy atom. The Hall–Kier alpha value is -3.78. The maximum atomic E-state index is 14.3. The first-order valence-corrected chi connectivity index (χ1v) is 12.8. The fourth-order valence-corrected chi connectivity index (χ4v) is 4.68. The third-order valence-corrected chi connectivity index (χ3v) is 6.73. The van der Waals surface area contributed by atoms with Crippen LogP contribution < -0.4 is 16.2 Å². The van der Waals surface area contributed by atoms with Crippen LogP contribution in [0.5, 0.6) is 0 Å². The number of fused-ring (bicyclic) bond motifs is 1. The molecule has 2 aromatic carbocycles. The number of carbonyl (C=O) groups excluding carboxylic acids is 3. The van der Waals surface area contributed by atoms with Gasteiger partial charge in [0.2, 0.25) is 5.91 Å². The molecule has 2 aliphatic heterocycles. The molecule has 2 atom stereocenters. The van der Waals surface area contributed by atoms with Gasteiger partial charge in [-0.25, -0.2) is 28.9 Å². The number of hydrazine groups is 1. The minimum atomic E-state index is -1.05. The number of halogens is 3. The molecule has 2 aliphatic rings. The summed E-state index contributed by atoms with van der Waals surface area (Å²) in [5.74, 6) is -2.95. The van der Waals surface area contributed by atoms with E-state index in [-0.39, 0.29) is 30.9 Å². The number of hydrogen-bond acceptors (Lipinski definition) is 7. The lowest BCUT2D eigenvalue weighted by molar-refractivity contribution is -0.164. The molecule has 2 heterocycles. The quantitative estimate of drug-likeness (QED) is 0.303. The molecule has 0 spiro atoms. The second kappa shape index (κ2) is 13.5. The van der Waals surface area contributed by atoms with Crippen molar-refractivity contribution in [2.45, 2.75) is 38.7 Å². The number of piperazine rings is 1. The minimum Gasteiger partial charge on any atom is -0.314 e. The third kappa shape index (κ3) is 7.04. The van der Waals surface area contributed by atoms with Crippen molar-refractivity contribution in [1.29, 1.82) is 0 Å². The van der Waals surface area contributed by atoms with Gasteiger partial charge in [0.05, 0.1) is 12.6 Å². The van der Waals surface area contributed by atoms with Crippen LogP contribution in [0.3, 0.4) is 0 Å². The van der Waals surface area contributed by atoms with Gasteiger partial charge in [0.15, 0.2) is 17.9 Å². The number of carbonyl (C=O) groups is 3. The van der Waals surface area contributed by atoms with E-state index in [1.54, 1.807) is 12.1 Å². The zero-order valence-corrected chi connectivity index (χ0v) is 21.9. The first kappa shape index (κ1) is 29.2. The molecule has 1 unspecified atom stereocenters. The number of rotatable bonds is 10. The zero-order chi connectivity index (χ0) is 28.6. The van der Waals surface area contributed by atoms with Gasteiger partial charge in [-0.2, -0.15) is 0 Å². The van der Waals surface area contributed by atoms with Gasteiger partial charge in [-0.05, 0) is 35.4 Å². The lowest BCUT2D eigenvalue weighted by Crippen LogP contribution is -2.62. The highest BCUT2D eigenvalue weighted by molar-refractivity contribution is 5.77. The molecule has 214 valence electrons. The van der Waals surface area contributed by atoms with Gasteiger partial charge in [-0.15, -0.1) is 0 Å². The van der Waals surface area contributed by atoms with E-state index in [4.69, 9.17) is 4.84 Å². The predicted octanol–water partition coefficient (Wildman–Crippen LogP) is 2.27. The second-order valence-corrected chi connectivity index (χ2v) is 9.39. The van der Waals surface area contributed by atoms with Crippen LogP contribution in [0.1, 0.15) is 30.0 Å². The van der Waals surface area contributed by atoms with Gasteiger partial charge in [0.1, 0.15) is 12.1 Å². The smallest absolute Gasteiger partial charge is 0.314 e. The third-order valence-electron chi connectivity index (χ3n) is 6.73. The zero-order valence-electron chi connectivity index (χ0n) is 21.9. The van der Waals surface area contributed by atoms with E-state index >= 15 is 0 Å². The number of benzene rings is 2. The number of nitrogens with one attached hydrogen (secondary N) is 3. The van der Waals surface area contributed by atoms with E-state index in [9.17, 15) is 27.6 Å². The molecule has 3 amide bonds. The lowest BCUT2D eigenvalue weighted by atomic mass is 10.0. The fraction of sp³-hybridized carbons (Fsp3) is 0.370. The van der Waals surface area contributed by atoms with Crippen LogP contribution in [0, 0.1) is 17.5 Å². The highest BCUT2D eigenvalue weighted by atomic mass is 19.2. The van der Waals surface area contributed by atoms with Crippen molar-refractivity contribution < 1.29 is 32.4 Å². The van der Waals surface area contributed by atoms with Crippen LogP contribution in [0.25, 0.3) is 6.08 Å². The summed E-state index contributed by atoms with van der Waals surface area (Å²) in [7, 11) is 0. The van der Waals surface area contributed by atoms with E-state index in [0.717, 1.165) is 16.6 Å². The van der Waals surface area contributed by atoms with Crippen molar-refractivity contribution in [1.82, 2.24) is 31.0 Å². The Labute approximate surface area is 229 Å². The molecule has 0 radical (unpaired) electrons. The summed E-state index contributed by atoms with van der Waals surface area (Å²) in [6, 6.07) is 6.45. The highest BCUT2D eigenvalue weighted by Gasteiger charge is 2.36. The molecule has 3 N–H and O–H groups in total. The molecule has 1 fully saturated rings. The Bertz CT molecular complexity index is 1260. The maximum absolute atomic E-state index is 14.3. The normalized spacial score (nSPS) is 16.6. The lowest BCUT2D eigenvalue weighted by Gasteiger charge is -2.42. The first-order chi connectivity index (χ1) is 19.3. The summed E-state index contributed by atoms with van der Waals surface area (Å²) in [4.78, 5) is 46.6. The average Bonchev–Trinajstić information content (AvgIpc) is 2.95. The van der Waals surface area contributed by atoms with Crippen LogP contribution in [0.15, 0.2) is 42.6 Å². The van der Waals surface area contributed by atoms with Crippen molar-refractivity contribution >= 4 is 24.3 Å². The molecule has 10 nitrogen and oxygen atoms in total. The largest absolute Gasteiger partial charge is 0.345 e. The topological polar surface area (TPSA) is 106 Å². The Morgan fingerprint density at radius 3 is 2.67 bits per heavy atom. The van der Waals surface area contributed by atoms with Crippen molar-refractivity contribution in [3.05, 3.63) is 76.7 Å². The Balaban J connectivity index is 1.51. The molecular weight excluding hydrogens is 529 g/mol. The van der Waals surface area contributed by atoms with E-state index in [1.165, 1.54) is 42.3 Å². The summed E-state index contributed by atoms with van der Waals surface area (Å²) < 4.78 is 41.5. The van der Waals surface area contributed by atoms with Crippen LogP contribution in [-0.2, 0) is 27.5 Å². The van der Waals surface area contributed by atoms with Gasteiger partial charge in [0.25, 0.3) is 0 Å². The molecule has 2 aromatic rings. The predicted molar refractivity (Wildman–Crippen MR) is 139 cm³/mol. The summed E-state index contributed by atoms with van der Waals surface area (Å²) in [5, 5.41) is 4.35. The summed E-state index contributed by atoms with van der Waals surface area (Å²) in [6.07, 6.45) is 2.58. The van der Waals surface area contributed by atoms with Crippen LogP contribution in [0.2, 0.25) is 0 Å². The van der Waals surface area contributed by atoms with Crippen molar-refractivity contribution in [2.24, 2.45) is 0 Å². The number of hydroxylamine groups is 1. The first-order valence-electron chi connectivity index (χ1n) is 12.8. The average molecular weight is 561 g/mol. The highest BCUT2D eigenvalue weighted by Crippen LogP contribution is 2.21. The molecule has 1 saturated heterocycles. The molecule has 0 aliphatic carbocycles. The number of urea groups is 1. The summed E-state index contributed by atoms with van der Waals surface area (Å²) in [6.45, 7) is 3.39. The second-order valence-electron chi connectivity index (χ2n) is 9.39. The molecule has 0 saturated carbocycles. The van der Waals surface area contributed by atoms with Gasteiger partial charge >= 0.3 is 6.03 Å². The summed E-state index contributed by atoms with van der Waals surface area (Å²) in [5.41, 5.74) is 6.62. The fourth-order valence-electron chi connectivity index (χ4n) is 4.68. The molecular formula is C27H31F3N6O4. The minimum absolute atomic E-state index is 0.0129. The number of amides is 3. The van der Waals surface area contributed by atoms with E-state index < -0.39 is 35.8 Å². The van der Waals surface area contributed by atoms with Gasteiger partial charge < -0.3 is 10.1 Å². The van der Waals surface area contributed by atoms with Crippen LogP contribution >= 0.6 is 0 Å². The standard InChI is InChI=1S/C27H31F3N6O4/c1-18(38)36(32-16-20-3-2-4-23(29)25(20)30)24(8-14-37)26(34-12-9-31-10-13-34)40-33-27(39)35-11-7-19-15-22(28)6-5-21(19)17-35/h2-7,11,14-15,24,26,31-32H,8-10,12-13,16-17H2,1H3,(H,33,39)/t24-,26?/m0/s1. The van der Waals surface area contributed by atoms with Gasteiger partial charge in [-0.1, -0.05) is 18.2 Å². The number of aldehydes is 1. The maximum Gasteiger partial charge on any atom is 0.345 e. The van der Waals surface area contributed by atoms with Gasteiger partial charge in [0, 0.05) is 57.8 Å². The number of hydrogen-bond donors (Lipinski definition) is 3. The van der Waals surface area contributed by atoms with Crippen molar-refractivity contribution in [3.8, 4) is 0 Å². The van der Waals surface area contributed by atoms with Crippen LogP contribution in [-0.4, -0.2) is 71.5 Å². The Kier molecular flexibility index (Phi) is 9.88. The number of nitrogens with zero attached hydrogens (tertiary/aromatic N) is 3. The van der Waals surface area contributed by atoms with Gasteiger partial charge in [-0.3, -0.25) is 24.4 Å². The molecule has 13 heteroatoms. The van der Waals surface area contributed by atoms with Crippen molar-refractivity contribution in [3.63, 3.8) is 0 Å². The van der Waals surface area contributed by atoms with Crippen LogP contribution in [0.4, 0.5) is 18.0 Å². The molecule has 0 aromatic heterocycles. The Morgan fingerprint density at radius 2 is 1.95 bits per heavy atom. The SMILES string of the molecule is CC(=O)N(NCc1cccc(F)c1F)[C@@H](CC=O)C(ONC(=O)N1C=Cc2cc(F)ccc2C1)N1CCNCC1. The van der Waals surface area contributed by atoms with E-state index in [0.29, 0.717) is 38.0 Å². The van der Waals surface area contributed by atoms with E-state index in [1.807, 2.05) is 4.90 Å². The van der Waals surface area contributed by atoms with E-state index in [2.05, 4.69) is 16.2 Å². The van der Waals surface area contributed by atoms with Crippen molar-refractivity contribution in [2.75, 3.05) is 26.2 Å². The summed E-state index contributed by atoms with van der Waals surface area (Å²) >= 11 is 0.